The first kappa shape index (κ1) is 21.5. The summed E-state index contributed by atoms with van der Waals surface area (Å²) in [5.41, 5.74) is 4.53. The molecular weight excluding hydrogens is 426 g/mol. The van der Waals surface area contributed by atoms with Crippen LogP contribution in [-0.4, -0.2) is 53.0 Å². The number of benzene rings is 3. The lowest BCUT2D eigenvalue weighted by atomic mass is 9.93. The van der Waals surface area contributed by atoms with Crippen LogP contribution in [0.15, 0.2) is 72.9 Å². The van der Waals surface area contributed by atoms with Gasteiger partial charge in [-0.3, -0.25) is 4.79 Å². The number of carboxylic acid groups (broad SMARTS) is 1. The Morgan fingerprint density at radius 2 is 1.71 bits per heavy atom. The van der Waals surface area contributed by atoms with Gasteiger partial charge in [0.25, 0.3) is 5.91 Å². The highest BCUT2D eigenvalue weighted by Gasteiger charge is 2.18. The van der Waals surface area contributed by atoms with Crippen LogP contribution in [0.2, 0.25) is 0 Å². The average molecular weight is 450 g/mol. The third kappa shape index (κ3) is 4.29. The Balaban J connectivity index is 1.47. The van der Waals surface area contributed by atoms with Crippen LogP contribution in [0.5, 0.6) is 0 Å². The number of nitrogens with one attached hydrogen (secondary N) is 2. The van der Waals surface area contributed by atoms with E-state index in [-0.39, 0.29) is 11.5 Å². The number of carboxylic acids is 1. The van der Waals surface area contributed by atoms with E-state index in [1.807, 2.05) is 53.6 Å². The van der Waals surface area contributed by atoms with Crippen molar-refractivity contribution in [1.82, 2.24) is 15.2 Å². The SMILES string of the molecule is O=C(O)c1cccc(C#Cc2ccc(C(=O)N3CCNCC3)cc2)c1-c1ccc2cc[nH]c2c1. The Labute approximate surface area is 197 Å². The molecule has 0 aliphatic carbocycles. The normalized spacial score (nSPS) is 13.4. The number of aromatic amines is 1. The number of rotatable bonds is 3. The highest BCUT2D eigenvalue weighted by Crippen LogP contribution is 2.30. The maximum atomic E-state index is 12.7. The first-order chi connectivity index (χ1) is 16.6. The summed E-state index contributed by atoms with van der Waals surface area (Å²) in [6, 6.07) is 20.2. The summed E-state index contributed by atoms with van der Waals surface area (Å²) >= 11 is 0. The number of carbonyl (C=O) groups is 2. The molecule has 4 aromatic rings. The summed E-state index contributed by atoms with van der Waals surface area (Å²) in [4.78, 5) is 29.7. The van der Waals surface area contributed by atoms with Crippen LogP contribution >= 0.6 is 0 Å². The lowest BCUT2D eigenvalue weighted by Gasteiger charge is -2.27. The van der Waals surface area contributed by atoms with Crippen molar-refractivity contribution in [3.8, 4) is 23.0 Å². The first-order valence-electron chi connectivity index (χ1n) is 11.2. The molecule has 6 nitrogen and oxygen atoms in total. The van der Waals surface area contributed by atoms with Gasteiger partial charge in [0.1, 0.15) is 0 Å². The van der Waals surface area contributed by atoms with Gasteiger partial charge in [-0.25, -0.2) is 4.79 Å². The predicted octanol–water partition coefficient (Wildman–Crippen LogP) is 3.98. The zero-order valence-electron chi connectivity index (χ0n) is 18.5. The van der Waals surface area contributed by atoms with Crippen LogP contribution in [0.25, 0.3) is 22.0 Å². The van der Waals surface area contributed by atoms with Crippen LogP contribution in [0.3, 0.4) is 0 Å². The second-order valence-corrected chi connectivity index (χ2v) is 8.18. The molecule has 0 bridgehead atoms. The second kappa shape index (κ2) is 9.26. The molecule has 1 saturated heterocycles. The topological polar surface area (TPSA) is 85.4 Å². The number of piperazine rings is 1. The molecule has 6 heteroatoms. The maximum Gasteiger partial charge on any atom is 0.336 e. The Bertz CT molecular complexity index is 1440. The van der Waals surface area contributed by atoms with Crippen molar-refractivity contribution in [2.75, 3.05) is 26.2 Å². The van der Waals surface area contributed by atoms with Gasteiger partial charge in [-0.05, 0) is 59.5 Å². The van der Waals surface area contributed by atoms with Gasteiger partial charge in [0.05, 0.1) is 5.56 Å². The third-order valence-electron chi connectivity index (χ3n) is 6.02. The molecule has 168 valence electrons. The van der Waals surface area contributed by atoms with Crippen LogP contribution in [0.4, 0.5) is 0 Å². The van der Waals surface area contributed by atoms with E-state index >= 15 is 0 Å². The molecule has 0 unspecified atom stereocenters. The number of hydrogen-bond donors (Lipinski definition) is 3. The number of carbonyl (C=O) groups excluding carboxylic acids is 1. The monoisotopic (exact) mass is 449 g/mol. The zero-order valence-corrected chi connectivity index (χ0v) is 18.5. The highest BCUT2D eigenvalue weighted by molar-refractivity contribution is 5.99. The molecule has 3 aromatic carbocycles. The van der Waals surface area contributed by atoms with Crippen molar-refractivity contribution in [3.63, 3.8) is 0 Å². The van der Waals surface area contributed by atoms with E-state index < -0.39 is 5.97 Å². The Kier molecular flexibility index (Phi) is 5.86. The largest absolute Gasteiger partial charge is 0.478 e. The molecule has 3 N–H and O–H groups in total. The standard InChI is InChI=1S/C28H23N3O3/c32-27(31-16-14-29-15-17-31)22-8-5-19(6-9-22)4-7-21-2-1-3-24(28(33)34)26(21)23-11-10-20-12-13-30-25(20)18-23/h1-3,5-6,8-13,18,29-30H,14-17H2,(H,33,34). The number of amides is 1. The van der Waals surface area contributed by atoms with Gasteiger partial charge in [-0.1, -0.05) is 30.0 Å². The fourth-order valence-electron chi connectivity index (χ4n) is 4.24. The minimum Gasteiger partial charge on any atom is -0.478 e. The maximum absolute atomic E-state index is 12.7. The quantitative estimate of drug-likeness (QED) is 0.413. The summed E-state index contributed by atoms with van der Waals surface area (Å²) in [5, 5.41) is 14.1. The summed E-state index contributed by atoms with van der Waals surface area (Å²) in [6.07, 6.45) is 1.86. The van der Waals surface area contributed by atoms with Crippen molar-refractivity contribution < 1.29 is 14.7 Å². The van der Waals surface area contributed by atoms with Gasteiger partial charge >= 0.3 is 5.97 Å². The molecule has 5 rings (SSSR count). The first-order valence-corrected chi connectivity index (χ1v) is 11.2. The van der Waals surface area contributed by atoms with E-state index in [1.54, 1.807) is 24.3 Å². The summed E-state index contributed by atoms with van der Waals surface area (Å²) < 4.78 is 0. The zero-order chi connectivity index (χ0) is 23.5. The van der Waals surface area contributed by atoms with Gasteiger partial charge in [0.2, 0.25) is 0 Å². The van der Waals surface area contributed by atoms with E-state index in [4.69, 9.17) is 0 Å². The van der Waals surface area contributed by atoms with Crippen molar-refractivity contribution in [2.24, 2.45) is 0 Å². The highest BCUT2D eigenvalue weighted by atomic mass is 16.4. The van der Waals surface area contributed by atoms with E-state index in [1.165, 1.54) is 0 Å². The second-order valence-electron chi connectivity index (χ2n) is 8.18. The van der Waals surface area contributed by atoms with Crippen LogP contribution < -0.4 is 5.32 Å². The predicted molar refractivity (Wildman–Crippen MR) is 132 cm³/mol. The van der Waals surface area contributed by atoms with E-state index in [0.29, 0.717) is 29.8 Å². The summed E-state index contributed by atoms with van der Waals surface area (Å²) in [7, 11) is 0. The number of fused-ring (bicyclic) bond motifs is 1. The molecule has 0 spiro atoms. The van der Waals surface area contributed by atoms with Crippen molar-refractivity contribution in [2.45, 2.75) is 0 Å². The number of aromatic carboxylic acids is 1. The fourth-order valence-corrected chi connectivity index (χ4v) is 4.24. The molecule has 1 aromatic heterocycles. The molecule has 34 heavy (non-hydrogen) atoms. The van der Waals surface area contributed by atoms with Gasteiger partial charge in [0, 0.05) is 60.1 Å². The number of hydrogen-bond acceptors (Lipinski definition) is 3. The number of aromatic nitrogens is 1. The minimum absolute atomic E-state index is 0.0252. The molecular formula is C28H23N3O3. The average Bonchev–Trinajstić information content (AvgIpc) is 3.35. The smallest absolute Gasteiger partial charge is 0.336 e. The summed E-state index contributed by atoms with van der Waals surface area (Å²) in [6.45, 7) is 3.03. The van der Waals surface area contributed by atoms with Gasteiger partial charge < -0.3 is 20.3 Å². The number of nitrogens with zero attached hydrogens (tertiary/aromatic N) is 1. The molecule has 1 aliphatic heterocycles. The van der Waals surface area contributed by atoms with Gasteiger partial charge in [0.15, 0.2) is 0 Å². The Morgan fingerprint density at radius 3 is 2.47 bits per heavy atom. The van der Waals surface area contributed by atoms with Crippen LogP contribution in [-0.2, 0) is 0 Å². The lowest BCUT2D eigenvalue weighted by molar-refractivity contribution is 0.0695. The molecule has 0 saturated carbocycles. The van der Waals surface area contributed by atoms with Gasteiger partial charge in [-0.15, -0.1) is 0 Å². The van der Waals surface area contributed by atoms with Crippen molar-refractivity contribution >= 4 is 22.8 Å². The third-order valence-corrected chi connectivity index (χ3v) is 6.02. The van der Waals surface area contributed by atoms with Gasteiger partial charge in [-0.2, -0.15) is 0 Å². The summed E-state index contributed by atoms with van der Waals surface area (Å²) in [5.74, 6) is 5.31. The lowest BCUT2D eigenvalue weighted by Crippen LogP contribution is -2.46. The molecule has 1 amide bonds. The van der Waals surface area contributed by atoms with Crippen molar-refractivity contribution in [3.05, 3.63) is 95.2 Å². The molecule has 1 aliphatic rings. The van der Waals surface area contributed by atoms with Crippen LogP contribution in [0.1, 0.15) is 31.8 Å². The number of H-pyrrole nitrogens is 1. The molecule has 2 heterocycles. The molecule has 1 fully saturated rings. The Hall–Kier alpha value is -4.34. The minimum atomic E-state index is -0.999. The Morgan fingerprint density at radius 1 is 0.912 bits per heavy atom. The molecule has 0 atom stereocenters. The van der Waals surface area contributed by atoms with E-state index in [2.05, 4.69) is 22.1 Å². The van der Waals surface area contributed by atoms with Crippen LogP contribution in [0, 0.1) is 11.8 Å². The molecule has 0 radical (unpaired) electrons. The van der Waals surface area contributed by atoms with E-state index in [9.17, 15) is 14.7 Å². The van der Waals surface area contributed by atoms with E-state index in [0.717, 1.165) is 35.1 Å². The van der Waals surface area contributed by atoms with Crippen molar-refractivity contribution in [1.29, 1.82) is 0 Å². The fraction of sp³-hybridized carbons (Fsp3) is 0.143.